The third kappa shape index (κ3) is 2.49. The van der Waals surface area contributed by atoms with Gasteiger partial charge < -0.3 is 14.4 Å². The molecule has 3 heterocycles. The average Bonchev–Trinajstić information content (AvgIpc) is 3.02. The van der Waals surface area contributed by atoms with Crippen LogP contribution in [0.15, 0.2) is 37.1 Å². The second-order valence-corrected chi connectivity index (χ2v) is 4.84. The number of imidazole rings is 1. The van der Waals surface area contributed by atoms with Crippen molar-refractivity contribution in [3.8, 4) is 5.69 Å². The van der Waals surface area contributed by atoms with Crippen LogP contribution in [-0.4, -0.2) is 51.5 Å². The molecule has 20 heavy (non-hydrogen) atoms. The lowest BCUT2D eigenvalue weighted by atomic mass is 10.3. The monoisotopic (exact) mass is 271 g/mol. The van der Waals surface area contributed by atoms with Crippen molar-refractivity contribution in [2.75, 3.05) is 31.1 Å². The Labute approximate surface area is 117 Å². The first-order chi connectivity index (χ1) is 9.74. The van der Waals surface area contributed by atoms with Crippen LogP contribution in [-0.2, 0) is 4.79 Å². The van der Waals surface area contributed by atoms with Gasteiger partial charge in [-0.2, -0.15) is 0 Å². The second-order valence-electron chi connectivity index (χ2n) is 4.84. The number of anilines is 1. The third-order valence-corrected chi connectivity index (χ3v) is 3.58. The van der Waals surface area contributed by atoms with E-state index in [1.165, 1.54) is 0 Å². The molecule has 6 nitrogen and oxygen atoms in total. The van der Waals surface area contributed by atoms with Crippen LogP contribution in [0.25, 0.3) is 5.69 Å². The van der Waals surface area contributed by atoms with Crippen LogP contribution in [0, 0.1) is 0 Å². The predicted molar refractivity (Wildman–Crippen MR) is 75.8 cm³/mol. The molecule has 6 heteroatoms. The van der Waals surface area contributed by atoms with Crippen LogP contribution in [0.4, 0.5) is 5.82 Å². The van der Waals surface area contributed by atoms with Gasteiger partial charge in [0.1, 0.15) is 5.82 Å². The predicted octanol–water partition coefficient (Wildman–Crippen LogP) is 0.936. The quantitative estimate of drug-likeness (QED) is 0.815. The van der Waals surface area contributed by atoms with Gasteiger partial charge in [0.15, 0.2) is 0 Å². The zero-order valence-corrected chi connectivity index (χ0v) is 11.4. The molecule has 1 aliphatic rings. The molecule has 2 aromatic heterocycles. The molecule has 104 valence electrons. The van der Waals surface area contributed by atoms with Gasteiger partial charge in [-0.15, -0.1) is 0 Å². The second kappa shape index (κ2) is 5.32. The van der Waals surface area contributed by atoms with Crippen molar-refractivity contribution >= 4 is 11.7 Å². The largest absolute Gasteiger partial charge is 0.353 e. The summed E-state index contributed by atoms with van der Waals surface area (Å²) in [5, 5.41) is 0. The first-order valence-corrected chi connectivity index (χ1v) is 6.69. The molecule has 1 aliphatic heterocycles. The van der Waals surface area contributed by atoms with Gasteiger partial charge in [0, 0.05) is 57.8 Å². The van der Waals surface area contributed by atoms with Gasteiger partial charge in [-0.1, -0.05) is 0 Å². The fourth-order valence-corrected chi connectivity index (χ4v) is 2.40. The van der Waals surface area contributed by atoms with Gasteiger partial charge in [0.2, 0.25) is 5.91 Å². The molecule has 0 atom stereocenters. The summed E-state index contributed by atoms with van der Waals surface area (Å²) >= 11 is 0. The summed E-state index contributed by atoms with van der Waals surface area (Å²) in [7, 11) is 0. The number of carbonyl (C=O) groups excluding carboxylic acids is 1. The number of hydrogen-bond donors (Lipinski definition) is 0. The van der Waals surface area contributed by atoms with Crippen LogP contribution in [0.1, 0.15) is 6.92 Å². The molecule has 0 bridgehead atoms. The molecule has 2 aromatic rings. The molecule has 1 fully saturated rings. The number of aromatic nitrogens is 3. The van der Waals surface area contributed by atoms with Crippen molar-refractivity contribution in [2.45, 2.75) is 6.92 Å². The standard InChI is InChI=1S/C14H17N5O/c1-12(20)17-6-8-18(9-7-17)14-10-13(2-3-16-14)19-5-4-15-11-19/h2-5,10-11H,6-9H2,1H3. The lowest BCUT2D eigenvalue weighted by Gasteiger charge is -2.35. The van der Waals surface area contributed by atoms with E-state index >= 15 is 0 Å². The summed E-state index contributed by atoms with van der Waals surface area (Å²) in [5.74, 6) is 1.09. The number of rotatable bonds is 2. The number of amides is 1. The number of nitrogens with zero attached hydrogens (tertiary/aromatic N) is 5. The smallest absolute Gasteiger partial charge is 0.219 e. The van der Waals surface area contributed by atoms with E-state index in [0.29, 0.717) is 0 Å². The lowest BCUT2D eigenvalue weighted by molar-refractivity contribution is -0.129. The topological polar surface area (TPSA) is 54.3 Å². The average molecular weight is 271 g/mol. The zero-order valence-electron chi connectivity index (χ0n) is 11.4. The van der Waals surface area contributed by atoms with Gasteiger partial charge in [-0.3, -0.25) is 4.79 Å². The van der Waals surface area contributed by atoms with Gasteiger partial charge in [-0.25, -0.2) is 9.97 Å². The molecule has 1 amide bonds. The summed E-state index contributed by atoms with van der Waals surface area (Å²) in [6.07, 6.45) is 7.24. The van der Waals surface area contributed by atoms with Crippen molar-refractivity contribution < 1.29 is 4.79 Å². The lowest BCUT2D eigenvalue weighted by Crippen LogP contribution is -2.48. The van der Waals surface area contributed by atoms with Crippen molar-refractivity contribution in [1.29, 1.82) is 0 Å². The molecule has 0 radical (unpaired) electrons. The van der Waals surface area contributed by atoms with E-state index in [1.54, 1.807) is 19.4 Å². The van der Waals surface area contributed by atoms with Crippen molar-refractivity contribution in [2.24, 2.45) is 0 Å². The van der Waals surface area contributed by atoms with E-state index in [0.717, 1.165) is 37.7 Å². The maximum atomic E-state index is 11.3. The Kier molecular flexibility index (Phi) is 3.37. The maximum absolute atomic E-state index is 11.3. The van der Waals surface area contributed by atoms with E-state index in [-0.39, 0.29) is 5.91 Å². The zero-order chi connectivity index (χ0) is 13.9. The molecule has 0 aromatic carbocycles. The Hall–Kier alpha value is -2.37. The molecular weight excluding hydrogens is 254 g/mol. The molecule has 0 unspecified atom stereocenters. The fraction of sp³-hybridized carbons (Fsp3) is 0.357. The fourth-order valence-electron chi connectivity index (χ4n) is 2.40. The third-order valence-electron chi connectivity index (χ3n) is 3.58. The van der Waals surface area contributed by atoms with Crippen LogP contribution in [0.5, 0.6) is 0 Å². The van der Waals surface area contributed by atoms with Crippen LogP contribution < -0.4 is 4.90 Å². The number of pyridine rings is 1. The van der Waals surface area contributed by atoms with Gasteiger partial charge in [0.05, 0.1) is 12.0 Å². The number of carbonyl (C=O) groups is 1. The van der Waals surface area contributed by atoms with Crippen molar-refractivity contribution in [1.82, 2.24) is 19.4 Å². The SMILES string of the molecule is CC(=O)N1CCN(c2cc(-n3ccnc3)ccn2)CC1. The van der Waals surface area contributed by atoms with Crippen LogP contribution in [0.2, 0.25) is 0 Å². The van der Waals surface area contributed by atoms with E-state index < -0.39 is 0 Å². The highest BCUT2D eigenvalue weighted by Crippen LogP contribution is 2.17. The van der Waals surface area contributed by atoms with Crippen molar-refractivity contribution in [3.05, 3.63) is 37.1 Å². The minimum absolute atomic E-state index is 0.143. The van der Waals surface area contributed by atoms with E-state index in [1.807, 2.05) is 34.0 Å². The Balaban J connectivity index is 1.75. The molecule has 0 spiro atoms. The Morgan fingerprint density at radius 1 is 1.20 bits per heavy atom. The van der Waals surface area contributed by atoms with E-state index in [9.17, 15) is 4.79 Å². The van der Waals surface area contributed by atoms with Crippen LogP contribution in [0.3, 0.4) is 0 Å². The Morgan fingerprint density at radius 2 is 2.00 bits per heavy atom. The molecular formula is C14H17N5O. The van der Waals surface area contributed by atoms with Crippen molar-refractivity contribution in [3.63, 3.8) is 0 Å². The van der Waals surface area contributed by atoms with Gasteiger partial charge >= 0.3 is 0 Å². The first kappa shape index (κ1) is 12.7. The highest BCUT2D eigenvalue weighted by atomic mass is 16.2. The molecule has 1 saturated heterocycles. The van der Waals surface area contributed by atoms with Gasteiger partial charge in [-0.05, 0) is 6.07 Å². The summed E-state index contributed by atoms with van der Waals surface area (Å²) in [6, 6.07) is 4.00. The maximum Gasteiger partial charge on any atom is 0.219 e. The summed E-state index contributed by atoms with van der Waals surface area (Å²) in [5.41, 5.74) is 1.04. The summed E-state index contributed by atoms with van der Waals surface area (Å²) in [6.45, 7) is 4.77. The minimum atomic E-state index is 0.143. The van der Waals surface area contributed by atoms with E-state index in [4.69, 9.17) is 0 Å². The Bertz CT molecular complexity index is 587. The van der Waals surface area contributed by atoms with Gasteiger partial charge in [0.25, 0.3) is 0 Å². The molecule has 0 saturated carbocycles. The highest BCUT2D eigenvalue weighted by Gasteiger charge is 2.19. The minimum Gasteiger partial charge on any atom is -0.353 e. The molecule has 3 rings (SSSR count). The molecule has 0 N–H and O–H groups in total. The van der Waals surface area contributed by atoms with E-state index in [2.05, 4.69) is 14.9 Å². The highest BCUT2D eigenvalue weighted by molar-refractivity contribution is 5.73. The molecule has 0 aliphatic carbocycles. The first-order valence-electron chi connectivity index (χ1n) is 6.69. The summed E-state index contributed by atoms with van der Waals surface area (Å²) in [4.78, 5) is 23.9. The number of piperazine rings is 1. The summed E-state index contributed by atoms with van der Waals surface area (Å²) < 4.78 is 1.96. The van der Waals surface area contributed by atoms with Crippen LogP contribution >= 0.6 is 0 Å². The Morgan fingerprint density at radius 3 is 2.65 bits per heavy atom. The normalized spacial score (nSPS) is 15.4. The number of hydrogen-bond acceptors (Lipinski definition) is 4.